The van der Waals surface area contributed by atoms with Crippen molar-refractivity contribution in [1.29, 1.82) is 5.26 Å². The Balaban J connectivity index is 1.39. The van der Waals surface area contributed by atoms with Crippen LogP contribution in [0.15, 0.2) is 42.2 Å². The maximum atomic E-state index is 15.4. The van der Waals surface area contributed by atoms with Gasteiger partial charge in [-0.3, -0.25) is 0 Å². The molecule has 190 valence electrons. The van der Waals surface area contributed by atoms with Gasteiger partial charge in [0.15, 0.2) is 22.9 Å². The van der Waals surface area contributed by atoms with Gasteiger partial charge < -0.3 is 19.9 Å². The molecule has 0 radical (unpaired) electrons. The molecule has 1 aliphatic carbocycles. The fraction of sp³-hybridized carbons (Fsp3) is 0.321. The zero-order chi connectivity index (χ0) is 25.9. The number of ether oxygens (including phenoxy) is 1. The molecule has 2 heterocycles. The van der Waals surface area contributed by atoms with E-state index in [2.05, 4.69) is 20.2 Å². The van der Waals surface area contributed by atoms with Crippen LogP contribution < -0.4 is 15.0 Å². The van der Waals surface area contributed by atoms with Gasteiger partial charge in [-0.15, -0.1) is 0 Å². The average Bonchev–Trinajstić information content (AvgIpc) is 3.08. The SMILES string of the molecule is CC1=Cc2c(ccc(Oc3ncnc(Nc4ccc(N5CCN(C)CC5)c(F)c4)c3C#N)c2F)CCC1. The van der Waals surface area contributed by atoms with Gasteiger partial charge in [0.2, 0.25) is 5.88 Å². The summed E-state index contributed by atoms with van der Waals surface area (Å²) in [5.74, 6) is -0.812. The number of halogens is 2. The number of likely N-dealkylation sites (N-methyl/N-ethyl adjacent to an activating group) is 1. The van der Waals surface area contributed by atoms with Gasteiger partial charge in [-0.2, -0.15) is 5.26 Å². The van der Waals surface area contributed by atoms with Crippen molar-refractivity contribution < 1.29 is 13.5 Å². The summed E-state index contributed by atoms with van der Waals surface area (Å²) in [7, 11) is 2.05. The minimum absolute atomic E-state index is 0.00730. The molecule has 0 atom stereocenters. The summed E-state index contributed by atoms with van der Waals surface area (Å²) in [6, 6.07) is 10.3. The van der Waals surface area contributed by atoms with Gasteiger partial charge >= 0.3 is 0 Å². The Morgan fingerprint density at radius 1 is 1.05 bits per heavy atom. The molecule has 0 bridgehead atoms. The van der Waals surface area contributed by atoms with Gasteiger partial charge in [0, 0.05) is 37.4 Å². The molecule has 1 N–H and O–H groups in total. The van der Waals surface area contributed by atoms with Gasteiger partial charge in [0.05, 0.1) is 5.69 Å². The number of nitriles is 1. The highest BCUT2D eigenvalue weighted by atomic mass is 19.1. The van der Waals surface area contributed by atoms with Crippen molar-refractivity contribution in [2.45, 2.75) is 26.2 Å². The Morgan fingerprint density at radius 3 is 2.62 bits per heavy atom. The van der Waals surface area contributed by atoms with E-state index >= 15 is 4.39 Å². The molecule has 7 nitrogen and oxygen atoms in total. The van der Waals surface area contributed by atoms with E-state index in [9.17, 15) is 9.65 Å². The molecule has 0 unspecified atom stereocenters. The van der Waals surface area contributed by atoms with Gasteiger partial charge in [0.1, 0.15) is 18.2 Å². The fourth-order valence-corrected chi connectivity index (χ4v) is 4.71. The van der Waals surface area contributed by atoms with E-state index in [0.29, 0.717) is 16.9 Å². The number of rotatable bonds is 5. The summed E-state index contributed by atoms with van der Waals surface area (Å²) in [5, 5.41) is 12.8. The lowest BCUT2D eigenvalue weighted by atomic mass is 10.0. The van der Waals surface area contributed by atoms with E-state index in [1.807, 2.05) is 37.1 Å². The predicted molar refractivity (Wildman–Crippen MR) is 139 cm³/mol. The second kappa shape index (κ2) is 10.5. The van der Waals surface area contributed by atoms with Crippen LogP contribution in [-0.2, 0) is 6.42 Å². The minimum Gasteiger partial charge on any atom is -0.434 e. The van der Waals surface area contributed by atoms with Gasteiger partial charge in [-0.05, 0) is 63.1 Å². The van der Waals surface area contributed by atoms with Crippen LogP contribution in [0.1, 0.15) is 36.5 Å². The first-order valence-corrected chi connectivity index (χ1v) is 12.3. The van der Waals surface area contributed by atoms with E-state index in [4.69, 9.17) is 4.74 Å². The van der Waals surface area contributed by atoms with Gasteiger partial charge in [-0.25, -0.2) is 18.7 Å². The third kappa shape index (κ3) is 5.25. The topological polar surface area (TPSA) is 77.3 Å². The molecule has 3 aromatic rings. The number of aryl methyl sites for hydroxylation is 1. The second-order valence-electron chi connectivity index (χ2n) is 9.49. The van der Waals surface area contributed by atoms with Crippen LogP contribution >= 0.6 is 0 Å². The van der Waals surface area contributed by atoms with Crippen molar-refractivity contribution in [2.75, 3.05) is 43.4 Å². The van der Waals surface area contributed by atoms with Crippen LogP contribution in [-0.4, -0.2) is 48.1 Å². The third-order valence-electron chi connectivity index (χ3n) is 6.83. The predicted octanol–water partition coefficient (Wildman–Crippen LogP) is 5.65. The lowest BCUT2D eigenvalue weighted by molar-refractivity contribution is 0.311. The average molecular weight is 503 g/mol. The molecule has 5 rings (SSSR count). The van der Waals surface area contributed by atoms with Crippen LogP contribution in [0.3, 0.4) is 0 Å². The van der Waals surface area contributed by atoms with Crippen molar-refractivity contribution in [3.05, 3.63) is 70.6 Å². The van der Waals surface area contributed by atoms with Crippen LogP contribution in [0.4, 0.5) is 26.0 Å². The minimum atomic E-state index is -0.489. The summed E-state index contributed by atoms with van der Waals surface area (Å²) in [6.07, 6.45) is 5.74. The van der Waals surface area contributed by atoms with E-state index in [-0.39, 0.29) is 28.8 Å². The van der Waals surface area contributed by atoms with Crippen LogP contribution in [0.5, 0.6) is 11.6 Å². The maximum absolute atomic E-state index is 15.4. The van der Waals surface area contributed by atoms with E-state index < -0.39 is 5.82 Å². The smallest absolute Gasteiger partial charge is 0.242 e. The monoisotopic (exact) mass is 502 g/mol. The molecular formula is C28H28F2N6O. The van der Waals surface area contributed by atoms with Crippen molar-refractivity contribution in [1.82, 2.24) is 14.9 Å². The number of piperazine rings is 1. The zero-order valence-electron chi connectivity index (χ0n) is 20.9. The number of fused-ring (bicyclic) bond motifs is 1. The first kappa shape index (κ1) is 24.7. The summed E-state index contributed by atoms with van der Waals surface area (Å²) < 4.78 is 36.1. The van der Waals surface area contributed by atoms with Crippen LogP contribution in [0.25, 0.3) is 6.08 Å². The number of benzene rings is 2. The molecule has 1 fully saturated rings. The number of aromatic nitrogens is 2. The Kier molecular flexibility index (Phi) is 7.01. The number of nitrogens with one attached hydrogen (secondary N) is 1. The summed E-state index contributed by atoms with van der Waals surface area (Å²) in [4.78, 5) is 12.4. The molecule has 9 heteroatoms. The number of anilines is 3. The molecule has 0 spiro atoms. The lowest BCUT2D eigenvalue weighted by Crippen LogP contribution is -2.44. The Labute approximate surface area is 215 Å². The van der Waals surface area contributed by atoms with Gasteiger partial charge in [0.25, 0.3) is 0 Å². The highest BCUT2D eigenvalue weighted by Gasteiger charge is 2.21. The van der Waals surface area contributed by atoms with Crippen molar-refractivity contribution >= 4 is 23.3 Å². The quantitative estimate of drug-likeness (QED) is 0.483. The first-order chi connectivity index (χ1) is 17.9. The molecule has 37 heavy (non-hydrogen) atoms. The molecule has 1 aliphatic heterocycles. The second-order valence-corrected chi connectivity index (χ2v) is 9.49. The molecule has 0 saturated carbocycles. The summed E-state index contributed by atoms with van der Waals surface area (Å²) >= 11 is 0. The van der Waals surface area contributed by atoms with E-state index in [0.717, 1.165) is 56.6 Å². The number of nitrogens with zero attached hydrogens (tertiary/aromatic N) is 5. The molecule has 1 saturated heterocycles. The van der Waals surface area contributed by atoms with Crippen LogP contribution in [0, 0.1) is 23.0 Å². The molecular weight excluding hydrogens is 474 g/mol. The Morgan fingerprint density at radius 2 is 1.86 bits per heavy atom. The Bertz CT molecular complexity index is 1390. The largest absolute Gasteiger partial charge is 0.434 e. The van der Waals surface area contributed by atoms with Crippen molar-refractivity contribution in [3.8, 4) is 17.7 Å². The Hall–Kier alpha value is -4.03. The van der Waals surface area contributed by atoms with E-state index in [1.54, 1.807) is 18.2 Å². The fourth-order valence-electron chi connectivity index (χ4n) is 4.71. The third-order valence-corrected chi connectivity index (χ3v) is 6.83. The van der Waals surface area contributed by atoms with Crippen molar-refractivity contribution in [3.63, 3.8) is 0 Å². The number of hydrogen-bond donors (Lipinski definition) is 1. The highest BCUT2D eigenvalue weighted by Crippen LogP contribution is 2.35. The maximum Gasteiger partial charge on any atom is 0.242 e. The highest BCUT2D eigenvalue weighted by molar-refractivity contribution is 5.68. The first-order valence-electron chi connectivity index (χ1n) is 12.3. The number of hydrogen-bond acceptors (Lipinski definition) is 7. The standard InChI is InChI=1S/C28H28F2N6O/c1-18-4-3-5-19-6-9-25(26(30)21(19)14-18)37-28-22(16-31)27(32-17-33-28)34-20-7-8-24(23(29)15-20)36-12-10-35(2)11-13-36/h6-9,14-15,17H,3-5,10-13H2,1-2H3,(H,32,33,34). The molecule has 2 aliphatic rings. The zero-order valence-corrected chi connectivity index (χ0v) is 20.9. The normalized spacial score (nSPS) is 15.9. The number of allylic oxidation sites excluding steroid dienone is 1. The van der Waals surface area contributed by atoms with Crippen molar-refractivity contribution in [2.24, 2.45) is 0 Å². The van der Waals surface area contributed by atoms with E-state index in [1.165, 1.54) is 12.4 Å². The molecule has 1 aromatic heterocycles. The van der Waals surface area contributed by atoms with Gasteiger partial charge in [-0.1, -0.05) is 17.7 Å². The molecule has 2 aromatic carbocycles. The summed E-state index contributed by atoms with van der Waals surface area (Å²) in [5.41, 5.74) is 3.49. The lowest BCUT2D eigenvalue weighted by Gasteiger charge is -2.34. The summed E-state index contributed by atoms with van der Waals surface area (Å²) in [6.45, 7) is 5.23. The van der Waals surface area contributed by atoms with Crippen LogP contribution in [0.2, 0.25) is 0 Å². The molecule has 0 amide bonds.